The van der Waals surface area contributed by atoms with Gasteiger partial charge < -0.3 is 18.9 Å². The number of rotatable bonds is 5. The Morgan fingerprint density at radius 1 is 1.28 bits per heavy atom. The number of fused-ring (bicyclic) bond motifs is 1. The molecule has 1 aromatic heterocycles. The molecule has 0 aliphatic carbocycles. The molecule has 0 spiro atoms. The Hall–Kier alpha value is -3.57. The molecular formula is C20H19F3N2O7. The van der Waals surface area contributed by atoms with Crippen LogP contribution in [0.15, 0.2) is 41.3 Å². The SMILES string of the molecule is CC(=O)O[C@H]1[C@H](n2cc(CO[N+](=O)[O-])ccc2=O)c2cc(C(F)(F)F)ccc2OC1(C)C. The monoisotopic (exact) mass is 456 g/mol. The predicted octanol–water partition coefficient (Wildman–Crippen LogP) is 3.27. The maximum absolute atomic E-state index is 13.4. The molecule has 0 amide bonds. The fourth-order valence-electron chi connectivity index (χ4n) is 3.59. The van der Waals surface area contributed by atoms with Crippen LogP contribution in [0, 0.1) is 10.1 Å². The van der Waals surface area contributed by atoms with Gasteiger partial charge in [-0.1, -0.05) is 6.07 Å². The molecule has 1 aliphatic rings. The number of hydrogen-bond acceptors (Lipinski definition) is 7. The molecule has 0 unspecified atom stereocenters. The summed E-state index contributed by atoms with van der Waals surface area (Å²) in [6, 6.07) is 4.00. The summed E-state index contributed by atoms with van der Waals surface area (Å²) in [5.74, 6) is -0.650. The van der Waals surface area contributed by atoms with Gasteiger partial charge in [0.15, 0.2) is 6.10 Å². The topological polar surface area (TPSA) is 110 Å². The van der Waals surface area contributed by atoms with Crippen molar-refractivity contribution in [3.63, 3.8) is 0 Å². The number of nitrogens with zero attached hydrogens (tertiary/aromatic N) is 2. The van der Waals surface area contributed by atoms with Crippen LogP contribution in [0.3, 0.4) is 0 Å². The highest BCUT2D eigenvalue weighted by molar-refractivity contribution is 5.66. The van der Waals surface area contributed by atoms with E-state index in [-0.39, 0.29) is 16.9 Å². The van der Waals surface area contributed by atoms with Gasteiger partial charge >= 0.3 is 12.1 Å². The summed E-state index contributed by atoms with van der Waals surface area (Å²) in [6.07, 6.45) is -4.64. The van der Waals surface area contributed by atoms with E-state index in [2.05, 4.69) is 4.84 Å². The quantitative estimate of drug-likeness (QED) is 0.386. The first-order chi connectivity index (χ1) is 14.8. The molecule has 3 rings (SSSR count). The number of aromatic nitrogens is 1. The Labute approximate surface area is 179 Å². The molecular weight excluding hydrogens is 437 g/mol. The molecule has 0 saturated carbocycles. The third kappa shape index (κ3) is 4.68. The molecule has 2 atom stereocenters. The zero-order valence-electron chi connectivity index (χ0n) is 17.2. The average molecular weight is 456 g/mol. The van der Waals surface area contributed by atoms with Crippen molar-refractivity contribution < 1.29 is 37.4 Å². The van der Waals surface area contributed by atoms with Crippen molar-refractivity contribution in [1.82, 2.24) is 4.57 Å². The first-order valence-electron chi connectivity index (χ1n) is 9.35. The number of benzene rings is 1. The summed E-state index contributed by atoms with van der Waals surface area (Å²) in [5.41, 5.74) is -2.65. The number of halogens is 3. The summed E-state index contributed by atoms with van der Waals surface area (Å²) >= 11 is 0. The van der Waals surface area contributed by atoms with Gasteiger partial charge in [0.25, 0.3) is 10.6 Å². The van der Waals surface area contributed by atoms with Crippen molar-refractivity contribution in [1.29, 1.82) is 0 Å². The van der Waals surface area contributed by atoms with E-state index in [9.17, 15) is 32.9 Å². The number of carbonyl (C=O) groups is 1. The fourth-order valence-corrected chi connectivity index (χ4v) is 3.59. The Balaban J connectivity index is 2.24. The second-order valence-electron chi connectivity index (χ2n) is 7.71. The number of alkyl halides is 3. The highest BCUT2D eigenvalue weighted by Crippen LogP contribution is 2.45. The van der Waals surface area contributed by atoms with Gasteiger partial charge in [-0.05, 0) is 37.6 Å². The van der Waals surface area contributed by atoms with E-state index in [1.54, 1.807) is 13.8 Å². The Morgan fingerprint density at radius 2 is 1.97 bits per heavy atom. The minimum Gasteiger partial charge on any atom is -0.484 e. The fraction of sp³-hybridized carbons (Fsp3) is 0.400. The van der Waals surface area contributed by atoms with Crippen molar-refractivity contribution in [2.75, 3.05) is 0 Å². The predicted molar refractivity (Wildman–Crippen MR) is 102 cm³/mol. The highest BCUT2D eigenvalue weighted by atomic mass is 19.4. The summed E-state index contributed by atoms with van der Waals surface area (Å²) in [6.45, 7) is 3.77. The van der Waals surface area contributed by atoms with Crippen molar-refractivity contribution in [2.24, 2.45) is 0 Å². The van der Waals surface area contributed by atoms with Crippen LogP contribution in [0.4, 0.5) is 13.2 Å². The molecule has 1 aromatic carbocycles. The van der Waals surface area contributed by atoms with E-state index >= 15 is 0 Å². The molecule has 0 fully saturated rings. The summed E-state index contributed by atoms with van der Waals surface area (Å²) < 4.78 is 52.5. The second-order valence-corrected chi connectivity index (χ2v) is 7.71. The van der Waals surface area contributed by atoms with Crippen LogP contribution in [0.5, 0.6) is 5.75 Å². The molecule has 32 heavy (non-hydrogen) atoms. The van der Waals surface area contributed by atoms with E-state index in [0.717, 1.165) is 35.8 Å². The molecule has 2 aromatic rings. The Bertz CT molecular complexity index is 1110. The van der Waals surface area contributed by atoms with Crippen molar-refractivity contribution in [3.05, 3.63) is 73.7 Å². The van der Waals surface area contributed by atoms with Gasteiger partial charge in [-0.15, -0.1) is 10.1 Å². The maximum Gasteiger partial charge on any atom is 0.416 e. The Kier molecular flexibility index (Phi) is 5.90. The minimum atomic E-state index is -4.67. The average Bonchev–Trinajstić information content (AvgIpc) is 2.66. The highest BCUT2D eigenvalue weighted by Gasteiger charge is 2.48. The third-order valence-electron chi connectivity index (χ3n) is 4.93. The van der Waals surface area contributed by atoms with E-state index in [1.807, 2.05) is 0 Å². The summed E-state index contributed by atoms with van der Waals surface area (Å²) in [5, 5.41) is 9.50. The van der Waals surface area contributed by atoms with Crippen LogP contribution >= 0.6 is 0 Å². The van der Waals surface area contributed by atoms with Gasteiger partial charge in [-0.2, -0.15) is 13.2 Å². The van der Waals surface area contributed by atoms with Crippen molar-refractivity contribution >= 4 is 5.97 Å². The van der Waals surface area contributed by atoms with E-state index in [1.165, 1.54) is 12.3 Å². The molecule has 12 heteroatoms. The van der Waals surface area contributed by atoms with Gasteiger partial charge in [0.1, 0.15) is 24.0 Å². The smallest absolute Gasteiger partial charge is 0.416 e. The lowest BCUT2D eigenvalue weighted by Gasteiger charge is -2.44. The normalized spacial score (nSPS) is 19.4. The summed E-state index contributed by atoms with van der Waals surface area (Å²) in [7, 11) is 0. The zero-order valence-corrected chi connectivity index (χ0v) is 17.2. The molecule has 1 aliphatic heterocycles. The van der Waals surface area contributed by atoms with Gasteiger partial charge in [0.2, 0.25) is 0 Å². The largest absolute Gasteiger partial charge is 0.484 e. The number of esters is 1. The standard InChI is InChI=1S/C20H19F3N2O7/c1-11(26)31-18-17(24-9-12(4-7-16(24)27)10-30-25(28)29)14-8-13(20(21,22)23)5-6-15(14)32-19(18,2)3/h4-9,17-18H,10H2,1-3H3/t17-,18+/m1/s1. The second kappa shape index (κ2) is 8.17. The van der Waals surface area contributed by atoms with Gasteiger partial charge in [-0.25, -0.2) is 0 Å². The van der Waals surface area contributed by atoms with Gasteiger partial charge in [0.05, 0.1) is 5.56 Å². The number of pyridine rings is 1. The maximum atomic E-state index is 13.4. The lowest BCUT2D eigenvalue weighted by Crippen LogP contribution is -2.54. The number of carbonyl (C=O) groups excluding carboxylic acids is 1. The van der Waals surface area contributed by atoms with Crippen LogP contribution < -0.4 is 10.3 Å². The molecule has 0 saturated heterocycles. The van der Waals surface area contributed by atoms with E-state index in [4.69, 9.17) is 9.47 Å². The first kappa shape index (κ1) is 23.1. The van der Waals surface area contributed by atoms with Crippen LogP contribution in [-0.4, -0.2) is 27.3 Å². The van der Waals surface area contributed by atoms with E-state index < -0.39 is 52.7 Å². The molecule has 0 radical (unpaired) electrons. The first-order valence-corrected chi connectivity index (χ1v) is 9.35. The lowest BCUT2D eigenvalue weighted by atomic mass is 9.85. The minimum absolute atomic E-state index is 0.0279. The van der Waals surface area contributed by atoms with Gasteiger partial charge in [0, 0.05) is 24.8 Å². The number of hydrogen-bond donors (Lipinski definition) is 0. The van der Waals surface area contributed by atoms with Crippen LogP contribution in [-0.2, 0) is 27.2 Å². The molecule has 172 valence electrons. The van der Waals surface area contributed by atoms with Crippen molar-refractivity contribution in [3.8, 4) is 5.75 Å². The van der Waals surface area contributed by atoms with Crippen LogP contribution in [0.1, 0.15) is 43.5 Å². The van der Waals surface area contributed by atoms with Crippen molar-refractivity contribution in [2.45, 2.75) is 51.3 Å². The number of ether oxygens (including phenoxy) is 2. The van der Waals surface area contributed by atoms with Gasteiger partial charge in [-0.3, -0.25) is 9.59 Å². The Morgan fingerprint density at radius 3 is 2.56 bits per heavy atom. The molecule has 0 bridgehead atoms. The molecule has 0 N–H and O–H groups in total. The molecule has 9 nitrogen and oxygen atoms in total. The van der Waals surface area contributed by atoms with E-state index in [0.29, 0.717) is 0 Å². The third-order valence-corrected chi connectivity index (χ3v) is 4.93. The summed E-state index contributed by atoms with van der Waals surface area (Å²) in [4.78, 5) is 39.4. The van der Waals surface area contributed by atoms with Crippen LogP contribution in [0.25, 0.3) is 0 Å². The molecule has 2 heterocycles. The zero-order chi connectivity index (χ0) is 23.8. The lowest BCUT2D eigenvalue weighted by molar-refractivity contribution is -0.763. The van der Waals surface area contributed by atoms with Crippen LogP contribution in [0.2, 0.25) is 0 Å².